The normalized spacial score (nSPS) is 26.3. The van der Waals surface area contributed by atoms with Gasteiger partial charge in [-0.3, -0.25) is 14.8 Å². The molecular weight excluding hydrogens is 374 g/mol. The highest BCUT2D eigenvalue weighted by Gasteiger charge is 2.29. The number of nitrogens with one attached hydrogen (secondary N) is 2. The number of guanidine groups is 1. The lowest BCUT2D eigenvalue weighted by molar-refractivity contribution is 0.258. The van der Waals surface area contributed by atoms with Gasteiger partial charge >= 0.3 is 0 Å². The van der Waals surface area contributed by atoms with Crippen molar-refractivity contribution in [3.63, 3.8) is 0 Å². The van der Waals surface area contributed by atoms with Crippen LogP contribution in [0, 0.1) is 0 Å². The summed E-state index contributed by atoms with van der Waals surface area (Å²) in [6, 6.07) is 11.5. The molecule has 0 spiro atoms. The third kappa shape index (κ3) is 6.18. The summed E-state index contributed by atoms with van der Waals surface area (Å²) in [7, 11) is -1.02. The topological polar surface area (TPSA) is 77.0 Å². The third-order valence-electron chi connectivity index (χ3n) is 5.65. The molecule has 2 N–H and O–H groups in total. The minimum absolute atomic E-state index is 0.275. The zero-order valence-corrected chi connectivity index (χ0v) is 17.8. The second-order valence-electron chi connectivity index (χ2n) is 7.83. The molecule has 2 saturated heterocycles. The van der Waals surface area contributed by atoms with Gasteiger partial charge in [-0.25, -0.2) is 8.42 Å². The quantitative estimate of drug-likeness (QED) is 0.530. The molecule has 2 atom stereocenters. The Hall–Kier alpha value is -1.64. The lowest BCUT2D eigenvalue weighted by atomic mass is 10.2. The molecule has 0 radical (unpaired) electrons. The molecule has 0 bridgehead atoms. The van der Waals surface area contributed by atoms with Crippen molar-refractivity contribution in [2.24, 2.45) is 4.99 Å². The molecule has 8 heteroatoms. The van der Waals surface area contributed by atoms with Crippen molar-refractivity contribution in [2.45, 2.75) is 32.0 Å². The highest BCUT2D eigenvalue weighted by Crippen LogP contribution is 2.20. The first-order valence-corrected chi connectivity index (χ1v) is 12.0. The minimum atomic E-state index is -2.81. The minimum Gasteiger partial charge on any atom is -0.355 e. The molecule has 1 aromatic rings. The van der Waals surface area contributed by atoms with Gasteiger partial charge in [-0.05, 0) is 18.9 Å². The number of likely N-dealkylation sites (tertiary alicyclic amines) is 1. The van der Waals surface area contributed by atoms with Gasteiger partial charge in [0.1, 0.15) is 0 Å². The predicted molar refractivity (Wildman–Crippen MR) is 114 cm³/mol. The van der Waals surface area contributed by atoms with E-state index in [0.717, 1.165) is 38.6 Å². The summed E-state index contributed by atoms with van der Waals surface area (Å²) < 4.78 is 23.0. The Morgan fingerprint density at radius 3 is 2.61 bits per heavy atom. The molecule has 2 fully saturated rings. The van der Waals surface area contributed by atoms with Crippen LogP contribution in [0.25, 0.3) is 0 Å². The third-order valence-corrected chi connectivity index (χ3v) is 7.26. The summed E-state index contributed by atoms with van der Waals surface area (Å²) in [5.74, 6) is 1.37. The van der Waals surface area contributed by atoms with Gasteiger partial charge in [0, 0.05) is 58.4 Å². The maximum atomic E-state index is 11.5. The van der Waals surface area contributed by atoms with Crippen LogP contribution in [0.5, 0.6) is 0 Å². The van der Waals surface area contributed by atoms with Crippen molar-refractivity contribution >= 4 is 15.8 Å². The van der Waals surface area contributed by atoms with Gasteiger partial charge in [-0.1, -0.05) is 30.3 Å². The van der Waals surface area contributed by atoms with Gasteiger partial charge in [-0.2, -0.15) is 0 Å². The molecular formula is C20H33N5O2S. The van der Waals surface area contributed by atoms with E-state index in [2.05, 4.69) is 62.7 Å². The Kier molecular flexibility index (Phi) is 7.31. The van der Waals surface area contributed by atoms with Crippen LogP contribution in [0.4, 0.5) is 0 Å². The Balaban J connectivity index is 1.40. The zero-order chi connectivity index (χ0) is 20.0. The van der Waals surface area contributed by atoms with Crippen LogP contribution >= 0.6 is 0 Å². The molecule has 0 aromatic heterocycles. The first kappa shape index (κ1) is 21.1. The monoisotopic (exact) mass is 407 g/mol. The molecule has 2 heterocycles. The number of hydrogen-bond donors (Lipinski definition) is 2. The van der Waals surface area contributed by atoms with Crippen LogP contribution in [0.15, 0.2) is 35.3 Å². The van der Waals surface area contributed by atoms with Crippen molar-refractivity contribution in [2.75, 3.05) is 51.3 Å². The number of rotatable bonds is 6. The summed E-state index contributed by atoms with van der Waals surface area (Å²) in [5.41, 5.74) is 1.35. The summed E-state index contributed by atoms with van der Waals surface area (Å²) in [5, 5.41) is 6.92. The van der Waals surface area contributed by atoms with Gasteiger partial charge in [-0.15, -0.1) is 0 Å². The van der Waals surface area contributed by atoms with Crippen LogP contribution < -0.4 is 10.6 Å². The van der Waals surface area contributed by atoms with Crippen LogP contribution in [-0.2, 0) is 16.4 Å². The van der Waals surface area contributed by atoms with Crippen molar-refractivity contribution in [1.82, 2.24) is 20.4 Å². The van der Waals surface area contributed by atoms with Gasteiger partial charge in [0.2, 0.25) is 0 Å². The SMILES string of the molecule is CN=C(NCCN1CCS(=O)(=O)CC1)NC1CC(C)N(Cc2ccccc2)C1. The first-order valence-electron chi connectivity index (χ1n) is 10.1. The maximum Gasteiger partial charge on any atom is 0.191 e. The highest BCUT2D eigenvalue weighted by molar-refractivity contribution is 7.91. The van der Waals surface area contributed by atoms with Crippen molar-refractivity contribution in [3.8, 4) is 0 Å². The summed E-state index contributed by atoms with van der Waals surface area (Å²) in [4.78, 5) is 9.06. The number of nitrogens with zero attached hydrogens (tertiary/aromatic N) is 3. The molecule has 2 unspecified atom stereocenters. The van der Waals surface area contributed by atoms with Gasteiger partial charge in [0.25, 0.3) is 0 Å². The second-order valence-corrected chi connectivity index (χ2v) is 10.1. The predicted octanol–water partition coefficient (Wildman–Crippen LogP) is 0.545. The van der Waals surface area contributed by atoms with E-state index in [0.29, 0.717) is 25.2 Å². The van der Waals surface area contributed by atoms with Crippen molar-refractivity contribution < 1.29 is 8.42 Å². The fourth-order valence-electron chi connectivity index (χ4n) is 3.94. The number of sulfone groups is 1. The number of hydrogen-bond acceptors (Lipinski definition) is 5. The van der Waals surface area contributed by atoms with Gasteiger partial charge in [0.05, 0.1) is 11.5 Å². The van der Waals surface area contributed by atoms with Gasteiger partial charge < -0.3 is 10.6 Å². The van der Waals surface area contributed by atoms with Crippen LogP contribution in [0.3, 0.4) is 0 Å². The molecule has 3 rings (SSSR count). The molecule has 28 heavy (non-hydrogen) atoms. The Labute approximate surface area is 169 Å². The fraction of sp³-hybridized carbons (Fsp3) is 0.650. The van der Waals surface area contributed by atoms with E-state index in [9.17, 15) is 8.42 Å². The first-order chi connectivity index (χ1) is 13.4. The summed E-state index contributed by atoms with van der Waals surface area (Å²) in [6.07, 6.45) is 1.09. The number of aliphatic imine (C=N–C) groups is 1. The van der Waals surface area contributed by atoms with E-state index >= 15 is 0 Å². The molecule has 0 saturated carbocycles. The lowest BCUT2D eigenvalue weighted by Gasteiger charge is -2.27. The molecule has 0 amide bonds. The van der Waals surface area contributed by atoms with E-state index in [1.807, 2.05) is 0 Å². The van der Waals surface area contributed by atoms with Crippen molar-refractivity contribution in [1.29, 1.82) is 0 Å². The number of benzene rings is 1. The maximum absolute atomic E-state index is 11.5. The lowest BCUT2D eigenvalue weighted by Crippen LogP contribution is -2.48. The Morgan fingerprint density at radius 1 is 1.21 bits per heavy atom. The zero-order valence-electron chi connectivity index (χ0n) is 17.0. The molecule has 7 nitrogen and oxygen atoms in total. The molecule has 2 aliphatic rings. The standard InChI is InChI=1S/C20H33N5O2S/c1-17-14-19(16-25(17)15-18-6-4-3-5-7-18)23-20(21-2)22-8-9-24-10-12-28(26,27)13-11-24/h3-7,17,19H,8-16H2,1-2H3,(H2,21,22,23). The largest absolute Gasteiger partial charge is 0.355 e. The average molecular weight is 408 g/mol. The molecule has 2 aliphatic heterocycles. The molecule has 0 aliphatic carbocycles. The van der Waals surface area contributed by atoms with Crippen LogP contribution in [0.2, 0.25) is 0 Å². The van der Waals surface area contributed by atoms with Crippen molar-refractivity contribution in [3.05, 3.63) is 35.9 Å². The smallest absolute Gasteiger partial charge is 0.191 e. The Morgan fingerprint density at radius 2 is 1.93 bits per heavy atom. The summed E-state index contributed by atoms with van der Waals surface area (Å²) in [6.45, 7) is 7.11. The fourth-order valence-corrected chi connectivity index (χ4v) is 5.21. The molecule has 1 aromatic carbocycles. The summed E-state index contributed by atoms with van der Waals surface area (Å²) >= 11 is 0. The molecule has 156 valence electrons. The second kappa shape index (κ2) is 9.71. The van der Waals surface area contributed by atoms with Crippen LogP contribution in [0.1, 0.15) is 18.9 Å². The van der Waals surface area contributed by atoms with E-state index in [-0.39, 0.29) is 11.5 Å². The Bertz CT molecular complexity index is 739. The van der Waals surface area contributed by atoms with Gasteiger partial charge in [0.15, 0.2) is 15.8 Å². The van der Waals surface area contributed by atoms with E-state index < -0.39 is 9.84 Å². The van der Waals surface area contributed by atoms with E-state index in [1.54, 1.807) is 7.05 Å². The highest BCUT2D eigenvalue weighted by atomic mass is 32.2. The van der Waals surface area contributed by atoms with E-state index in [1.165, 1.54) is 5.56 Å². The van der Waals surface area contributed by atoms with Crippen LogP contribution in [-0.4, -0.2) is 87.5 Å². The average Bonchev–Trinajstić information content (AvgIpc) is 3.02. The van der Waals surface area contributed by atoms with E-state index in [4.69, 9.17) is 0 Å².